The van der Waals surface area contributed by atoms with Crippen molar-refractivity contribution in [3.8, 4) is 0 Å². The van der Waals surface area contributed by atoms with Gasteiger partial charge in [0.2, 0.25) is 5.95 Å². The van der Waals surface area contributed by atoms with Crippen LogP contribution in [0.1, 0.15) is 29.4 Å². The van der Waals surface area contributed by atoms with E-state index in [0.29, 0.717) is 23.8 Å². The fraction of sp³-hybridized carbons (Fsp3) is 0.353. The Morgan fingerprint density at radius 1 is 1.20 bits per heavy atom. The maximum atomic E-state index is 11.6. The fourth-order valence-electron chi connectivity index (χ4n) is 2.73. The lowest BCUT2D eigenvalue weighted by molar-refractivity contribution is 0.101. The van der Waals surface area contributed by atoms with Gasteiger partial charge >= 0.3 is 0 Å². The Bertz CT molecular complexity index is 895. The molecule has 1 aromatic carbocycles. The van der Waals surface area contributed by atoms with Crippen LogP contribution in [0.4, 0.5) is 17.5 Å². The van der Waals surface area contributed by atoms with E-state index < -0.39 is 9.84 Å². The number of carbonyl (C=O) groups excluding carboxylic acids is 1. The molecule has 0 spiro atoms. The summed E-state index contributed by atoms with van der Waals surface area (Å²) in [5, 5.41) is 6.27. The molecule has 2 N–H and O–H groups in total. The molecule has 2 aromatic rings. The third-order valence-corrected chi connectivity index (χ3v) is 5.75. The summed E-state index contributed by atoms with van der Waals surface area (Å²) < 4.78 is 23.1. The average molecular weight is 360 g/mol. The van der Waals surface area contributed by atoms with Crippen LogP contribution in [0.5, 0.6) is 0 Å². The zero-order valence-electron chi connectivity index (χ0n) is 14.1. The second kappa shape index (κ2) is 6.79. The minimum atomic E-state index is -2.94. The first kappa shape index (κ1) is 17.3. The normalized spacial score (nSPS) is 18.7. The SMILES string of the molecule is CC(=O)c1ccc(Nc2nc(C)cc(NC3CCS(=O)(=O)C3)n2)cc1. The zero-order chi connectivity index (χ0) is 18.0. The van der Waals surface area contributed by atoms with Crippen LogP contribution >= 0.6 is 0 Å². The Morgan fingerprint density at radius 2 is 1.92 bits per heavy atom. The van der Waals surface area contributed by atoms with Crippen LogP contribution in [0.3, 0.4) is 0 Å². The van der Waals surface area contributed by atoms with E-state index in [0.717, 1.165) is 11.4 Å². The van der Waals surface area contributed by atoms with Crippen molar-refractivity contribution in [2.45, 2.75) is 26.3 Å². The molecule has 132 valence electrons. The third kappa shape index (κ3) is 4.54. The third-order valence-electron chi connectivity index (χ3n) is 3.99. The molecular formula is C17H20N4O3S. The molecule has 3 rings (SSSR count). The van der Waals surface area contributed by atoms with Crippen LogP contribution in [-0.4, -0.2) is 41.7 Å². The van der Waals surface area contributed by atoms with E-state index >= 15 is 0 Å². The molecule has 0 amide bonds. The fourth-order valence-corrected chi connectivity index (χ4v) is 4.41. The number of ketones is 1. The number of anilines is 3. The highest BCUT2D eigenvalue weighted by Crippen LogP contribution is 2.20. The summed E-state index contributed by atoms with van der Waals surface area (Å²) in [5.41, 5.74) is 2.17. The molecule has 2 heterocycles. The number of benzene rings is 1. The Hall–Kier alpha value is -2.48. The predicted molar refractivity (Wildman–Crippen MR) is 97.2 cm³/mol. The highest BCUT2D eigenvalue weighted by Gasteiger charge is 2.28. The van der Waals surface area contributed by atoms with E-state index in [-0.39, 0.29) is 23.3 Å². The molecular weight excluding hydrogens is 340 g/mol. The maximum absolute atomic E-state index is 11.6. The van der Waals surface area contributed by atoms with Crippen LogP contribution in [0.2, 0.25) is 0 Å². The Labute approximate surface area is 146 Å². The molecule has 8 heteroatoms. The molecule has 0 aliphatic carbocycles. The summed E-state index contributed by atoms with van der Waals surface area (Å²) in [5.74, 6) is 1.36. The van der Waals surface area contributed by atoms with Crippen LogP contribution in [0, 0.1) is 6.92 Å². The van der Waals surface area contributed by atoms with Crippen molar-refractivity contribution in [3.63, 3.8) is 0 Å². The average Bonchev–Trinajstić information content (AvgIpc) is 2.86. The van der Waals surface area contributed by atoms with Gasteiger partial charge in [-0.05, 0) is 44.5 Å². The van der Waals surface area contributed by atoms with Gasteiger partial charge in [-0.15, -0.1) is 0 Å². The van der Waals surface area contributed by atoms with Gasteiger partial charge in [0, 0.05) is 29.1 Å². The highest BCUT2D eigenvalue weighted by atomic mass is 32.2. The summed E-state index contributed by atoms with van der Waals surface area (Å²) in [6.07, 6.45) is 0.584. The van der Waals surface area contributed by atoms with Gasteiger partial charge in [-0.3, -0.25) is 4.79 Å². The molecule has 1 aliphatic rings. The lowest BCUT2D eigenvalue weighted by atomic mass is 10.1. The summed E-state index contributed by atoms with van der Waals surface area (Å²) in [6.45, 7) is 3.37. The molecule has 1 aliphatic heterocycles. The Balaban J connectivity index is 1.74. The van der Waals surface area contributed by atoms with Gasteiger partial charge in [0.15, 0.2) is 15.6 Å². The van der Waals surface area contributed by atoms with Gasteiger partial charge < -0.3 is 10.6 Å². The van der Waals surface area contributed by atoms with Gasteiger partial charge in [0.1, 0.15) is 5.82 Å². The van der Waals surface area contributed by atoms with Crippen molar-refractivity contribution in [1.29, 1.82) is 0 Å². The van der Waals surface area contributed by atoms with Crippen LogP contribution in [0.15, 0.2) is 30.3 Å². The van der Waals surface area contributed by atoms with Gasteiger partial charge in [0.25, 0.3) is 0 Å². The first-order valence-corrected chi connectivity index (χ1v) is 9.83. The molecule has 1 fully saturated rings. The molecule has 25 heavy (non-hydrogen) atoms. The standard InChI is InChI=1S/C17H20N4O3S/c1-11-9-16(19-15-7-8-25(23,24)10-15)21-17(18-11)20-14-5-3-13(4-6-14)12(2)22/h3-6,9,15H,7-8,10H2,1-2H3,(H2,18,19,20,21). The monoisotopic (exact) mass is 360 g/mol. The summed E-state index contributed by atoms with van der Waals surface area (Å²) >= 11 is 0. The molecule has 1 unspecified atom stereocenters. The first-order valence-electron chi connectivity index (χ1n) is 8.01. The molecule has 1 aromatic heterocycles. The minimum absolute atomic E-state index is 0.0105. The zero-order valence-corrected chi connectivity index (χ0v) is 14.9. The second-order valence-electron chi connectivity index (χ2n) is 6.22. The van der Waals surface area contributed by atoms with E-state index in [1.165, 1.54) is 6.92 Å². The highest BCUT2D eigenvalue weighted by molar-refractivity contribution is 7.91. The van der Waals surface area contributed by atoms with Crippen LogP contribution in [-0.2, 0) is 9.84 Å². The largest absolute Gasteiger partial charge is 0.366 e. The van der Waals surface area contributed by atoms with Crippen LogP contribution in [0.25, 0.3) is 0 Å². The van der Waals surface area contributed by atoms with Crippen LogP contribution < -0.4 is 10.6 Å². The first-order chi connectivity index (χ1) is 11.8. The maximum Gasteiger partial charge on any atom is 0.229 e. The number of hydrogen-bond acceptors (Lipinski definition) is 7. The van der Waals surface area contributed by atoms with Crippen molar-refractivity contribution >= 4 is 33.1 Å². The second-order valence-corrected chi connectivity index (χ2v) is 8.45. The number of Topliss-reactive ketones (excluding diaryl/α,β-unsaturated/α-hetero) is 1. The lowest BCUT2D eigenvalue weighted by Gasteiger charge is -2.13. The van der Waals surface area contributed by atoms with Crippen molar-refractivity contribution in [2.24, 2.45) is 0 Å². The number of nitrogens with one attached hydrogen (secondary N) is 2. The van der Waals surface area contributed by atoms with E-state index in [2.05, 4.69) is 20.6 Å². The van der Waals surface area contributed by atoms with Gasteiger partial charge in [-0.25, -0.2) is 13.4 Å². The van der Waals surface area contributed by atoms with Gasteiger partial charge in [-0.2, -0.15) is 4.98 Å². The summed E-state index contributed by atoms with van der Waals surface area (Å²) in [7, 11) is -2.94. The van der Waals surface area contributed by atoms with Crippen molar-refractivity contribution in [2.75, 3.05) is 22.1 Å². The molecule has 0 radical (unpaired) electrons. The predicted octanol–water partition coefficient (Wildman–Crippen LogP) is 2.33. The number of sulfone groups is 1. The number of carbonyl (C=O) groups is 1. The molecule has 0 bridgehead atoms. The summed E-state index contributed by atoms with van der Waals surface area (Å²) in [4.78, 5) is 20.1. The number of nitrogens with zero attached hydrogens (tertiary/aromatic N) is 2. The topological polar surface area (TPSA) is 101 Å². The Kier molecular flexibility index (Phi) is 4.71. The van der Waals surface area contributed by atoms with Crippen molar-refractivity contribution in [3.05, 3.63) is 41.6 Å². The summed E-state index contributed by atoms with van der Waals surface area (Å²) in [6, 6.07) is 8.72. The molecule has 7 nitrogen and oxygen atoms in total. The molecule has 1 atom stereocenters. The van der Waals surface area contributed by atoms with Gasteiger partial charge in [-0.1, -0.05) is 0 Å². The minimum Gasteiger partial charge on any atom is -0.366 e. The molecule has 0 saturated carbocycles. The van der Waals surface area contributed by atoms with Gasteiger partial charge in [0.05, 0.1) is 11.5 Å². The van der Waals surface area contributed by atoms with E-state index in [9.17, 15) is 13.2 Å². The Morgan fingerprint density at radius 3 is 2.52 bits per heavy atom. The molecule has 1 saturated heterocycles. The number of aromatic nitrogens is 2. The van der Waals surface area contributed by atoms with E-state index in [1.54, 1.807) is 30.3 Å². The quantitative estimate of drug-likeness (QED) is 0.789. The van der Waals surface area contributed by atoms with E-state index in [4.69, 9.17) is 0 Å². The van der Waals surface area contributed by atoms with Crippen molar-refractivity contribution < 1.29 is 13.2 Å². The smallest absolute Gasteiger partial charge is 0.229 e. The number of hydrogen-bond donors (Lipinski definition) is 2. The lowest BCUT2D eigenvalue weighted by Crippen LogP contribution is -2.21. The van der Waals surface area contributed by atoms with E-state index in [1.807, 2.05) is 6.92 Å². The number of rotatable bonds is 5. The van der Waals surface area contributed by atoms with Crippen molar-refractivity contribution in [1.82, 2.24) is 9.97 Å². The number of aryl methyl sites for hydroxylation is 1.